The first-order valence-electron chi connectivity index (χ1n) is 21.7. The summed E-state index contributed by atoms with van der Waals surface area (Å²) >= 11 is 0. The lowest BCUT2D eigenvalue weighted by atomic mass is 9.78. The zero-order chi connectivity index (χ0) is 42.8. The number of carbonyl (C=O) groups is 3. The first kappa shape index (κ1) is 41.7. The molecule has 1 atom stereocenters. The van der Waals surface area contributed by atoms with Crippen LogP contribution >= 0.6 is 0 Å². The molecule has 2 aliphatic heterocycles. The molecule has 2 saturated heterocycles. The predicted octanol–water partition coefficient (Wildman–Crippen LogP) is 7.49. The van der Waals surface area contributed by atoms with E-state index >= 15 is 0 Å². The molecule has 1 aliphatic carbocycles. The lowest BCUT2D eigenvalue weighted by molar-refractivity contribution is -0.134. The molecule has 5 N–H and O–H groups in total. The first-order valence-corrected chi connectivity index (χ1v) is 21.7. The number of aromatic nitrogens is 3. The van der Waals surface area contributed by atoms with Gasteiger partial charge >= 0.3 is 11.8 Å². The van der Waals surface area contributed by atoms with Crippen LogP contribution in [0.15, 0.2) is 71.4 Å². The summed E-state index contributed by atoms with van der Waals surface area (Å²) < 4.78 is 5.18. The molecule has 2 aromatic heterocycles. The molecule has 1 unspecified atom stereocenters. The molecule has 316 valence electrons. The first-order chi connectivity index (χ1) is 29.3. The number of pyridine rings is 1. The average molecular weight is 821 g/mol. The van der Waals surface area contributed by atoms with Crippen molar-refractivity contribution in [2.45, 2.75) is 109 Å². The van der Waals surface area contributed by atoms with E-state index in [9.17, 15) is 14.4 Å². The Morgan fingerprint density at radius 3 is 2.38 bits per heavy atom. The summed E-state index contributed by atoms with van der Waals surface area (Å²) in [5.41, 5.74) is 18.0. The van der Waals surface area contributed by atoms with Crippen LogP contribution in [0.2, 0.25) is 0 Å². The average Bonchev–Trinajstić information content (AvgIpc) is 3.78. The quantitative estimate of drug-likeness (QED) is 0.0776. The number of hydrogen-bond acceptors (Lipinski definition) is 10. The van der Waals surface area contributed by atoms with E-state index in [1.807, 2.05) is 52.0 Å². The zero-order valence-electron chi connectivity index (χ0n) is 35.7. The number of hydrogen-bond donors (Lipinski definition) is 4. The number of nitrogens with one attached hydrogen (secondary N) is 3. The van der Waals surface area contributed by atoms with Crippen molar-refractivity contribution in [1.29, 1.82) is 5.41 Å². The molecule has 61 heavy (non-hydrogen) atoms. The number of benzene rings is 3. The molecule has 12 heteroatoms. The van der Waals surface area contributed by atoms with Crippen molar-refractivity contribution in [1.82, 2.24) is 30.7 Å². The topological polar surface area (TPSA) is 180 Å². The number of rotatable bonds is 11. The van der Waals surface area contributed by atoms with Gasteiger partial charge in [0, 0.05) is 47.8 Å². The van der Waals surface area contributed by atoms with Gasteiger partial charge in [-0.25, -0.2) is 4.98 Å². The molecule has 12 nitrogen and oxygen atoms in total. The Hall–Kier alpha value is -6.01. The molecular formula is C49H56N8O4. The Bertz CT molecular complexity index is 2480. The maximum atomic E-state index is 12.7. The third kappa shape index (κ3) is 9.19. The summed E-state index contributed by atoms with van der Waals surface area (Å²) in [5, 5.41) is 18.4. The highest BCUT2D eigenvalue weighted by molar-refractivity contribution is 6.14. The molecular weight excluding hydrogens is 765 g/mol. The Labute approximate surface area is 357 Å². The van der Waals surface area contributed by atoms with Gasteiger partial charge in [0.1, 0.15) is 5.82 Å². The lowest BCUT2D eigenvalue weighted by Gasteiger charge is -2.33. The minimum absolute atomic E-state index is 0.0706. The Balaban J connectivity index is 0.856. The van der Waals surface area contributed by atoms with E-state index in [0.29, 0.717) is 41.5 Å². The van der Waals surface area contributed by atoms with E-state index in [1.165, 1.54) is 28.7 Å². The van der Waals surface area contributed by atoms with Crippen LogP contribution in [0.25, 0.3) is 11.1 Å². The van der Waals surface area contributed by atoms with Crippen LogP contribution in [-0.2, 0) is 40.8 Å². The SMILES string of the molecule is Cc1cc(C(=N)c2cc(-c3ccc(C4CCN(CCc5ccc(C6CCC(=O)NC6=O)c6c5CCCC6)CC4)cc3)cnc2N)ccc1CNC(=O)c1nc(C(C)(C)C)no1. The number of nitrogen functional groups attached to an aromatic ring is 1. The summed E-state index contributed by atoms with van der Waals surface area (Å²) in [7, 11) is 0. The van der Waals surface area contributed by atoms with Crippen LogP contribution < -0.4 is 16.4 Å². The molecule has 0 radical (unpaired) electrons. The highest BCUT2D eigenvalue weighted by Gasteiger charge is 2.32. The van der Waals surface area contributed by atoms with Gasteiger partial charge in [0.25, 0.3) is 0 Å². The van der Waals surface area contributed by atoms with Crippen molar-refractivity contribution in [2.75, 3.05) is 25.4 Å². The second-order valence-electron chi connectivity index (χ2n) is 18.0. The molecule has 0 saturated carbocycles. The maximum Gasteiger partial charge on any atom is 0.315 e. The second kappa shape index (κ2) is 17.5. The van der Waals surface area contributed by atoms with Crippen molar-refractivity contribution >= 4 is 29.3 Å². The van der Waals surface area contributed by atoms with Gasteiger partial charge in [-0.3, -0.25) is 25.1 Å². The van der Waals surface area contributed by atoms with Crippen LogP contribution in [0.4, 0.5) is 5.82 Å². The zero-order valence-corrected chi connectivity index (χ0v) is 35.7. The fraction of sp³-hybridized carbons (Fsp3) is 0.408. The fourth-order valence-corrected chi connectivity index (χ4v) is 9.15. The summed E-state index contributed by atoms with van der Waals surface area (Å²) in [6.07, 6.45) is 10.4. The van der Waals surface area contributed by atoms with Crippen LogP contribution in [0.3, 0.4) is 0 Å². The van der Waals surface area contributed by atoms with E-state index in [4.69, 9.17) is 15.7 Å². The van der Waals surface area contributed by atoms with Gasteiger partial charge in [-0.1, -0.05) is 74.5 Å². The third-order valence-electron chi connectivity index (χ3n) is 12.8. The summed E-state index contributed by atoms with van der Waals surface area (Å²) in [5.74, 6) is 0.238. The molecule has 5 aromatic rings. The number of likely N-dealkylation sites (tertiary alicyclic amines) is 1. The summed E-state index contributed by atoms with van der Waals surface area (Å²) in [4.78, 5) is 48.5. The van der Waals surface area contributed by atoms with Crippen LogP contribution in [-0.4, -0.2) is 63.1 Å². The lowest BCUT2D eigenvalue weighted by Crippen LogP contribution is -2.40. The number of aryl methyl sites for hydroxylation is 1. The van der Waals surface area contributed by atoms with Gasteiger partial charge in [-0.15, -0.1) is 0 Å². The molecule has 3 amide bonds. The number of imide groups is 1. The second-order valence-corrected chi connectivity index (χ2v) is 18.0. The van der Waals surface area contributed by atoms with Crippen LogP contribution in [0.5, 0.6) is 0 Å². The smallest absolute Gasteiger partial charge is 0.315 e. The van der Waals surface area contributed by atoms with Crippen molar-refractivity contribution in [3.05, 3.63) is 129 Å². The van der Waals surface area contributed by atoms with Crippen molar-refractivity contribution in [3.8, 4) is 11.1 Å². The molecule has 4 heterocycles. The number of amides is 3. The Morgan fingerprint density at radius 1 is 0.934 bits per heavy atom. The number of nitrogens with zero attached hydrogens (tertiary/aromatic N) is 4. The predicted molar refractivity (Wildman–Crippen MR) is 236 cm³/mol. The molecule has 0 spiro atoms. The van der Waals surface area contributed by atoms with Crippen LogP contribution in [0.1, 0.15) is 138 Å². The molecule has 8 rings (SSSR count). The van der Waals surface area contributed by atoms with Gasteiger partial charge in [-0.2, -0.15) is 4.98 Å². The highest BCUT2D eigenvalue weighted by Crippen LogP contribution is 2.36. The molecule has 2 fully saturated rings. The fourth-order valence-electron chi connectivity index (χ4n) is 9.15. The van der Waals surface area contributed by atoms with E-state index in [0.717, 1.165) is 86.0 Å². The number of carbonyl (C=O) groups excluding carboxylic acids is 3. The monoisotopic (exact) mass is 820 g/mol. The van der Waals surface area contributed by atoms with Crippen molar-refractivity contribution in [3.63, 3.8) is 0 Å². The van der Waals surface area contributed by atoms with Gasteiger partial charge in [0.15, 0.2) is 5.82 Å². The number of anilines is 1. The highest BCUT2D eigenvalue weighted by atomic mass is 16.5. The number of nitrogens with two attached hydrogens (primary N) is 1. The standard InChI is InChI=1S/C49H56N8O4/c1-29-25-34(13-14-35(29)27-53-46(60)47-55-48(56-61-47)49(2,3)4)43(50)41-26-36(28-52-44(41)51)31-11-9-30(10-12-31)32-19-22-57(23-20-32)24-21-33-15-16-39(38-8-6-5-7-37(33)38)40-17-18-42(58)54-45(40)59/h9-16,25-26,28,32,40,50H,5-8,17-24,27H2,1-4H3,(H2,51,52)(H,53,60)(H,54,58,59). The number of piperidine rings is 2. The van der Waals surface area contributed by atoms with E-state index in [-0.39, 0.29) is 41.3 Å². The molecule has 3 aliphatic rings. The number of fused-ring (bicyclic) bond motifs is 1. The largest absolute Gasteiger partial charge is 0.383 e. The van der Waals surface area contributed by atoms with E-state index in [1.54, 1.807) is 6.20 Å². The van der Waals surface area contributed by atoms with Crippen LogP contribution in [0, 0.1) is 12.3 Å². The van der Waals surface area contributed by atoms with Gasteiger partial charge in [0.05, 0.1) is 11.6 Å². The van der Waals surface area contributed by atoms with Crippen molar-refractivity contribution in [2.24, 2.45) is 0 Å². The summed E-state index contributed by atoms with van der Waals surface area (Å²) in [6.45, 7) is 11.2. The molecule has 0 bridgehead atoms. The minimum Gasteiger partial charge on any atom is -0.383 e. The van der Waals surface area contributed by atoms with E-state index < -0.39 is 5.91 Å². The maximum absolute atomic E-state index is 12.7. The van der Waals surface area contributed by atoms with E-state index in [2.05, 4.69) is 67.1 Å². The Morgan fingerprint density at radius 2 is 1.67 bits per heavy atom. The Kier molecular flexibility index (Phi) is 12.0. The van der Waals surface area contributed by atoms with Gasteiger partial charge in [-0.05, 0) is 134 Å². The van der Waals surface area contributed by atoms with Gasteiger partial charge in [0.2, 0.25) is 11.8 Å². The van der Waals surface area contributed by atoms with Crippen molar-refractivity contribution < 1.29 is 18.9 Å². The summed E-state index contributed by atoms with van der Waals surface area (Å²) in [6, 6.07) is 20.8. The molecule has 3 aromatic carbocycles. The minimum atomic E-state index is -0.438. The normalized spacial score (nSPS) is 17.5. The van der Waals surface area contributed by atoms with Gasteiger partial charge < -0.3 is 20.5 Å². The third-order valence-corrected chi connectivity index (χ3v) is 12.8.